The van der Waals surface area contributed by atoms with Gasteiger partial charge in [-0.1, -0.05) is 6.07 Å². The van der Waals surface area contributed by atoms with Crippen molar-refractivity contribution >= 4 is 5.82 Å². The zero-order chi connectivity index (χ0) is 14.9. The number of hydrogen-bond acceptors (Lipinski definition) is 4. The standard InChI is InChI=1S/C16H18N4/c1-9-6-10(2)12(4)15(11(9)3)16-19-13(8-17)7-14(18-5)20-16/h6-7H,1-5H3,(H,18,19,20). The van der Waals surface area contributed by atoms with Gasteiger partial charge in [0, 0.05) is 18.7 Å². The molecule has 0 unspecified atom stereocenters. The van der Waals surface area contributed by atoms with E-state index in [1.165, 1.54) is 11.1 Å². The van der Waals surface area contributed by atoms with E-state index in [0.717, 1.165) is 16.7 Å². The first-order valence-corrected chi connectivity index (χ1v) is 6.52. The van der Waals surface area contributed by atoms with E-state index in [2.05, 4.69) is 55.1 Å². The minimum Gasteiger partial charge on any atom is -0.373 e. The van der Waals surface area contributed by atoms with Gasteiger partial charge in [-0.15, -0.1) is 0 Å². The molecule has 102 valence electrons. The van der Waals surface area contributed by atoms with Crippen LogP contribution in [0.3, 0.4) is 0 Å². The van der Waals surface area contributed by atoms with Gasteiger partial charge in [0.2, 0.25) is 0 Å². The van der Waals surface area contributed by atoms with Crippen LogP contribution in [-0.4, -0.2) is 17.0 Å². The van der Waals surface area contributed by atoms with Gasteiger partial charge in [-0.25, -0.2) is 9.97 Å². The number of anilines is 1. The lowest BCUT2D eigenvalue weighted by atomic mass is 9.93. The van der Waals surface area contributed by atoms with E-state index < -0.39 is 0 Å². The van der Waals surface area contributed by atoms with Gasteiger partial charge >= 0.3 is 0 Å². The monoisotopic (exact) mass is 266 g/mol. The lowest BCUT2D eigenvalue weighted by molar-refractivity contribution is 1.12. The maximum absolute atomic E-state index is 9.11. The summed E-state index contributed by atoms with van der Waals surface area (Å²) in [6.07, 6.45) is 0. The Morgan fingerprint density at radius 1 is 1.00 bits per heavy atom. The first-order valence-electron chi connectivity index (χ1n) is 6.52. The Kier molecular flexibility index (Phi) is 3.71. The van der Waals surface area contributed by atoms with Gasteiger partial charge < -0.3 is 5.32 Å². The fourth-order valence-electron chi connectivity index (χ4n) is 2.30. The van der Waals surface area contributed by atoms with Crippen LogP contribution in [0.1, 0.15) is 27.9 Å². The van der Waals surface area contributed by atoms with Crippen LogP contribution >= 0.6 is 0 Å². The maximum atomic E-state index is 9.11. The third-order valence-electron chi connectivity index (χ3n) is 3.69. The Labute approximate surface area is 119 Å². The Morgan fingerprint density at radius 2 is 1.60 bits per heavy atom. The Bertz CT molecular complexity index is 685. The molecule has 0 saturated heterocycles. The Hall–Kier alpha value is -2.41. The average Bonchev–Trinajstić information content (AvgIpc) is 2.45. The van der Waals surface area contributed by atoms with E-state index in [1.54, 1.807) is 13.1 Å². The SMILES string of the molecule is CNc1cc(C#N)nc(-c2c(C)c(C)cc(C)c2C)n1. The van der Waals surface area contributed by atoms with E-state index in [1.807, 2.05) is 0 Å². The van der Waals surface area contributed by atoms with E-state index in [9.17, 15) is 0 Å². The predicted molar refractivity (Wildman–Crippen MR) is 80.7 cm³/mol. The quantitative estimate of drug-likeness (QED) is 0.906. The predicted octanol–water partition coefficient (Wildman–Crippen LogP) is 3.29. The third-order valence-corrected chi connectivity index (χ3v) is 3.69. The highest BCUT2D eigenvalue weighted by Gasteiger charge is 2.14. The average molecular weight is 266 g/mol. The molecule has 1 aromatic carbocycles. The molecule has 0 radical (unpaired) electrons. The molecule has 20 heavy (non-hydrogen) atoms. The normalized spacial score (nSPS) is 10.2. The largest absolute Gasteiger partial charge is 0.373 e. The van der Waals surface area contributed by atoms with Gasteiger partial charge in [-0.3, -0.25) is 0 Å². The van der Waals surface area contributed by atoms with E-state index in [0.29, 0.717) is 17.3 Å². The molecule has 0 atom stereocenters. The summed E-state index contributed by atoms with van der Waals surface area (Å²) in [4.78, 5) is 8.86. The highest BCUT2D eigenvalue weighted by atomic mass is 15.0. The molecule has 0 amide bonds. The molecule has 0 aliphatic carbocycles. The minimum atomic E-state index is 0.373. The highest BCUT2D eigenvalue weighted by molar-refractivity contribution is 5.69. The number of hydrogen-bond donors (Lipinski definition) is 1. The minimum absolute atomic E-state index is 0.373. The summed E-state index contributed by atoms with van der Waals surface area (Å²) in [5.74, 6) is 1.26. The van der Waals surface area contributed by atoms with Crippen molar-refractivity contribution in [3.05, 3.63) is 40.1 Å². The molecule has 0 spiro atoms. The molecule has 2 aromatic rings. The molecule has 2 rings (SSSR count). The Balaban J connectivity index is 2.78. The molecule has 0 saturated carbocycles. The fraction of sp³-hybridized carbons (Fsp3) is 0.312. The lowest BCUT2D eigenvalue weighted by Crippen LogP contribution is -2.03. The summed E-state index contributed by atoms with van der Waals surface area (Å²) >= 11 is 0. The van der Waals surface area contributed by atoms with Crippen LogP contribution in [0.15, 0.2) is 12.1 Å². The molecule has 1 heterocycles. The summed E-state index contributed by atoms with van der Waals surface area (Å²) in [6.45, 7) is 8.30. The molecule has 1 aromatic heterocycles. The molecule has 0 aliphatic rings. The number of aryl methyl sites for hydroxylation is 2. The second kappa shape index (κ2) is 5.30. The summed E-state index contributed by atoms with van der Waals surface area (Å²) < 4.78 is 0. The number of rotatable bonds is 2. The van der Waals surface area contributed by atoms with Crippen LogP contribution in [0, 0.1) is 39.0 Å². The van der Waals surface area contributed by atoms with Gasteiger partial charge in [-0.2, -0.15) is 5.26 Å². The number of nitriles is 1. The van der Waals surface area contributed by atoms with Crippen molar-refractivity contribution in [2.45, 2.75) is 27.7 Å². The van der Waals surface area contributed by atoms with E-state index >= 15 is 0 Å². The van der Waals surface area contributed by atoms with Gasteiger partial charge in [0.25, 0.3) is 0 Å². The summed E-state index contributed by atoms with van der Waals surface area (Å²) in [7, 11) is 1.79. The van der Waals surface area contributed by atoms with Crippen LogP contribution in [0.5, 0.6) is 0 Å². The van der Waals surface area contributed by atoms with Crippen molar-refractivity contribution in [1.29, 1.82) is 5.26 Å². The van der Waals surface area contributed by atoms with Crippen molar-refractivity contribution in [3.8, 4) is 17.5 Å². The Morgan fingerprint density at radius 3 is 2.10 bits per heavy atom. The summed E-state index contributed by atoms with van der Waals surface area (Å²) in [5, 5.41) is 12.1. The zero-order valence-corrected chi connectivity index (χ0v) is 12.5. The maximum Gasteiger partial charge on any atom is 0.163 e. The van der Waals surface area contributed by atoms with Gasteiger partial charge in [-0.05, 0) is 49.9 Å². The van der Waals surface area contributed by atoms with Crippen molar-refractivity contribution in [3.63, 3.8) is 0 Å². The lowest BCUT2D eigenvalue weighted by Gasteiger charge is -2.15. The van der Waals surface area contributed by atoms with Crippen molar-refractivity contribution < 1.29 is 0 Å². The molecule has 1 N–H and O–H groups in total. The molecule has 0 bridgehead atoms. The number of aromatic nitrogens is 2. The topological polar surface area (TPSA) is 61.6 Å². The summed E-state index contributed by atoms with van der Waals surface area (Å²) in [6, 6.07) is 5.91. The number of benzene rings is 1. The molecule has 4 heteroatoms. The molecular weight excluding hydrogens is 248 g/mol. The second-order valence-electron chi connectivity index (χ2n) is 4.96. The molecule has 0 fully saturated rings. The van der Waals surface area contributed by atoms with Crippen LogP contribution in [0.25, 0.3) is 11.4 Å². The van der Waals surface area contributed by atoms with Gasteiger partial charge in [0.05, 0.1) is 0 Å². The molecular formula is C16H18N4. The van der Waals surface area contributed by atoms with E-state index in [-0.39, 0.29) is 0 Å². The second-order valence-corrected chi connectivity index (χ2v) is 4.96. The van der Waals surface area contributed by atoms with Crippen LogP contribution in [0.4, 0.5) is 5.82 Å². The van der Waals surface area contributed by atoms with Crippen LogP contribution in [0.2, 0.25) is 0 Å². The smallest absolute Gasteiger partial charge is 0.163 e. The highest BCUT2D eigenvalue weighted by Crippen LogP contribution is 2.30. The zero-order valence-electron chi connectivity index (χ0n) is 12.5. The van der Waals surface area contributed by atoms with Gasteiger partial charge in [0.15, 0.2) is 5.82 Å². The van der Waals surface area contributed by atoms with Crippen molar-refractivity contribution in [2.75, 3.05) is 12.4 Å². The molecule has 0 aliphatic heterocycles. The fourth-order valence-corrected chi connectivity index (χ4v) is 2.30. The van der Waals surface area contributed by atoms with E-state index in [4.69, 9.17) is 5.26 Å². The van der Waals surface area contributed by atoms with Crippen molar-refractivity contribution in [1.82, 2.24) is 9.97 Å². The third kappa shape index (κ3) is 2.35. The van der Waals surface area contributed by atoms with Crippen molar-refractivity contribution in [2.24, 2.45) is 0 Å². The van der Waals surface area contributed by atoms with Crippen LogP contribution < -0.4 is 5.32 Å². The van der Waals surface area contributed by atoms with Crippen LogP contribution in [-0.2, 0) is 0 Å². The molecule has 4 nitrogen and oxygen atoms in total. The first-order chi connectivity index (χ1) is 9.47. The number of nitrogens with zero attached hydrogens (tertiary/aromatic N) is 3. The summed E-state index contributed by atoms with van der Waals surface area (Å²) in [5.41, 5.74) is 6.13. The van der Waals surface area contributed by atoms with Gasteiger partial charge in [0.1, 0.15) is 17.6 Å². The number of nitrogens with one attached hydrogen (secondary N) is 1. The first kappa shape index (κ1) is 14.0.